The number of nitrogens with one attached hydrogen (secondary N) is 3. The maximum absolute atomic E-state index is 14.8. The smallest absolute Gasteiger partial charge is 0.317 e. The number of anilines is 2. The number of hydrogen-bond acceptors (Lipinski definition) is 6. The van der Waals surface area contributed by atoms with Gasteiger partial charge >= 0.3 is 6.03 Å². The standard InChI is InChI=1S/C44H43Cl2N7O3/c1-26-7-6-19-53-40(28-11-13-29(45)14-12-28)33-23-30(46)24-35-37(33)38(41(53)36(26)27-8-3-2-4-9-27)39(49-35)43(55)50-34-10-5-18-47-42(34)51-20-15-31(16-21-51)48-44(56)52-22-17-32(54)25-52/h2-6,8-14,18-19,23-24,26,31-32,40,49,54H,7,15-17,20-22,25H2,1H3,(H,48,56)(H,50,55). The molecular weight excluding hydrogens is 745 g/mol. The van der Waals surface area contributed by atoms with Gasteiger partial charge in [0.05, 0.1) is 23.5 Å². The molecule has 4 aliphatic rings. The predicted octanol–water partition coefficient (Wildman–Crippen LogP) is 8.69. The van der Waals surface area contributed by atoms with Crippen LogP contribution in [0.5, 0.6) is 0 Å². The van der Waals surface area contributed by atoms with E-state index in [4.69, 9.17) is 28.2 Å². The van der Waals surface area contributed by atoms with Crippen molar-refractivity contribution in [3.05, 3.63) is 135 Å². The highest BCUT2D eigenvalue weighted by molar-refractivity contribution is 6.32. The number of allylic oxidation sites excluding steroid dienone is 2. The minimum absolute atomic E-state index is 0.0152. The number of hydrogen-bond donors (Lipinski definition) is 4. The summed E-state index contributed by atoms with van der Waals surface area (Å²) in [5, 5.41) is 18.5. The number of rotatable bonds is 6. The number of aliphatic hydroxyl groups is 1. The van der Waals surface area contributed by atoms with Gasteiger partial charge in [0.2, 0.25) is 0 Å². The SMILES string of the molecule is CC1CC=CN2C(=C1c1ccccc1)c1c(C(=O)Nc3cccnc3N3CCC(NC(=O)N4CCC(O)C4)CC3)[nH]c3cc(Cl)cc(c13)C2c1ccc(Cl)cc1. The molecule has 4 N–H and O–H groups in total. The van der Waals surface area contributed by atoms with Crippen LogP contribution in [0.25, 0.3) is 22.2 Å². The van der Waals surface area contributed by atoms with Crippen molar-refractivity contribution < 1.29 is 14.7 Å². The second kappa shape index (κ2) is 15.0. The molecule has 10 nitrogen and oxygen atoms in total. The quantitative estimate of drug-likeness (QED) is 0.137. The zero-order chi connectivity index (χ0) is 38.5. The number of nitrogens with zero attached hydrogens (tertiary/aromatic N) is 4. The fourth-order valence-corrected chi connectivity index (χ4v) is 9.26. The van der Waals surface area contributed by atoms with Crippen molar-refractivity contribution in [1.82, 2.24) is 25.1 Å². The van der Waals surface area contributed by atoms with Crippen molar-refractivity contribution in [2.75, 3.05) is 36.4 Å². The first-order chi connectivity index (χ1) is 27.2. The molecule has 0 saturated carbocycles. The molecule has 3 unspecified atom stereocenters. The molecule has 4 aliphatic heterocycles. The van der Waals surface area contributed by atoms with Crippen molar-refractivity contribution in [3.63, 3.8) is 0 Å². The monoisotopic (exact) mass is 787 g/mol. The molecule has 3 atom stereocenters. The van der Waals surface area contributed by atoms with Gasteiger partial charge in [-0.25, -0.2) is 9.78 Å². The maximum Gasteiger partial charge on any atom is 0.317 e. The Bertz CT molecular complexity index is 2370. The number of β-amino-alcohol motifs (C(OH)–C–C–N with tert-alkyl or cyclic N) is 1. The zero-order valence-electron chi connectivity index (χ0n) is 31.0. The van der Waals surface area contributed by atoms with E-state index in [0.29, 0.717) is 59.8 Å². The van der Waals surface area contributed by atoms with Crippen LogP contribution in [-0.2, 0) is 0 Å². The third kappa shape index (κ3) is 6.69. The summed E-state index contributed by atoms with van der Waals surface area (Å²) in [6, 6.07) is 25.7. The summed E-state index contributed by atoms with van der Waals surface area (Å²) in [6.07, 6.45) is 8.56. The third-order valence-electron chi connectivity index (χ3n) is 11.6. The fourth-order valence-electron chi connectivity index (χ4n) is 8.91. The molecule has 0 aliphatic carbocycles. The van der Waals surface area contributed by atoms with E-state index in [1.165, 1.54) is 0 Å². The Kier molecular flexibility index (Phi) is 9.73. The van der Waals surface area contributed by atoms with Crippen molar-refractivity contribution >= 4 is 68.8 Å². The summed E-state index contributed by atoms with van der Waals surface area (Å²) >= 11 is 13.3. The minimum atomic E-state index is -0.455. The Hall–Kier alpha value is -5.29. The Balaban J connectivity index is 1.10. The highest BCUT2D eigenvalue weighted by atomic mass is 35.5. The largest absolute Gasteiger partial charge is 0.391 e. The summed E-state index contributed by atoms with van der Waals surface area (Å²) in [5.41, 5.74) is 7.94. The molecule has 2 aromatic heterocycles. The first kappa shape index (κ1) is 36.4. The Morgan fingerprint density at radius 1 is 0.929 bits per heavy atom. The van der Waals surface area contributed by atoms with E-state index in [1.807, 2.05) is 42.5 Å². The lowest BCUT2D eigenvalue weighted by Gasteiger charge is -2.39. The average Bonchev–Trinajstić information content (AvgIpc) is 3.77. The number of fused-ring (bicyclic) bond motifs is 2. The number of aliphatic hydroxyl groups excluding tert-OH is 1. The first-order valence-corrected chi connectivity index (χ1v) is 20.1. The number of benzene rings is 3. The average molecular weight is 789 g/mol. The number of carbonyl (C=O) groups excluding carboxylic acids is 2. The summed E-state index contributed by atoms with van der Waals surface area (Å²) < 4.78 is 0. The molecule has 6 heterocycles. The second-order valence-corrected chi connectivity index (χ2v) is 16.1. The number of piperidine rings is 1. The van der Waals surface area contributed by atoms with Crippen LogP contribution in [0.4, 0.5) is 16.3 Å². The molecule has 3 amide bonds. The lowest BCUT2D eigenvalue weighted by atomic mass is 9.82. The molecule has 5 aromatic rings. The number of pyridine rings is 1. The van der Waals surface area contributed by atoms with Crippen LogP contribution < -0.4 is 15.5 Å². The van der Waals surface area contributed by atoms with Crippen molar-refractivity contribution in [2.24, 2.45) is 5.92 Å². The lowest BCUT2D eigenvalue weighted by Crippen LogP contribution is -2.49. The topological polar surface area (TPSA) is 117 Å². The second-order valence-electron chi connectivity index (χ2n) is 15.2. The molecule has 9 rings (SSSR count). The van der Waals surface area contributed by atoms with E-state index in [2.05, 4.69) is 81.0 Å². The molecule has 0 spiro atoms. The number of aromatic nitrogens is 2. The Labute approximate surface area is 335 Å². The minimum Gasteiger partial charge on any atom is -0.391 e. The summed E-state index contributed by atoms with van der Waals surface area (Å²) in [4.78, 5) is 42.1. The molecular formula is C44H43Cl2N7O3. The zero-order valence-corrected chi connectivity index (χ0v) is 32.5. The molecule has 3 aromatic carbocycles. The van der Waals surface area contributed by atoms with Crippen LogP contribution in [-0.4, -0.2) is 75.1 Å². The van der Waals surface area contributed by atoms with Crippen LogP contribution in [0.2, 0.25) is 10.0 Å². The normalized spacial score (nSPS) is 21.0. The van der Waals surface area contributed by atoms with Crippen LogP contribution in [0.15, 0.2) is 97.3 Å². The highest BCUT2D eigenvalue weighted by Crippen LogP contribution is 2.53. The van der Waals surface area contributed by atoms with E-state index in [0.717, 1.165) is 63.7 Å². The predicted molar refractivity (Wildman–Crippen MR) is 223 cm³/mol. The molecule has 12 heteroatoms. The summed E-state index contributed by atoms with van der Waals surface area (Å²) in [6.45, 7) is 4.50. The van der Waals surface area contributed by atoms with Gasteiger partial charge in [0, 0.05) is 71.1 Å². The van der Waals surface area contributed by atoms with Gasteiger partial charge in [-0.05, 0) is 90.3 Å². The number of amides is 3. The van der Waals surface area contributed by atoms with Gasteiger partial charge in [-0.1, -0.05) is 78.7 Å². The van der Waals surface area contributed by atoms with Gasteiger partial charge in [0.1, 0.15) is 5.69 Å². The molecule has 2 fully saturated rings. The van der Waals surface area contributed by atoms with Crippen LogP contribution in [0.1, 0.15) is 71.4 Å². The van der Waals surface area contributed by atoms with Gasteiger partial charge in [-0.3, -0.25) is 4.79 Å². The summed E-state index contributed by atoms with van der Waals surface area (Å²) in [5.74, 6) is 0.545. The van der Waals surface area contributed by atoms with E-state index < -0.39 is 6.10 Å². The van der Waals surface area contributed by atoms with Crippen LogP contribution in [0, 0.1) is 5.92 Å². The van der Waals surface area contributed by atoms with Crippen molar-refractivity contribution in [2.45, 2.75) is 50.8 Å². The van der Waals surface area contributed by atoms with Crippen molar-refractivity contribution in [3.8, 4) is 0 Å². The molecule has 0 bridgehead atoms. The fraction of sp³-hybridized carbons (Fsp3) is 0.295. The van der Waals surface area contributed by atoms with E-state index in [9.17, 15) is 14.7 Å². The van der Waals surface area contributed by atoms with Gasteiger partial charge in [0.15, 0.2) is 5.82 Å². The molecule has 56 heavy (non-hydrogen) atoms. The van der Waals surface area contributed by atoms with E-state index >= 15 is 0 Å². The van der Waals surface area contributed by atoms with Gasteiger partial charge in [0.25, 0.3) is 5.91 Å². The van der Waals surface area contributed by atoms with Gasteiger partial charge in [-0.2, -0.15) is 0 Å². The number of urea groups is 1. The van der Waals surface area contributed by atoms with E-state index in [1.54, 1.807) is 11.1 Å². The molecule has 0 radical (unpaired) electrons. The van der Waals surface area contributed by atoms with E-state index in [-0.39, 0.29) is 29.9 Å². The lowest BCUT2D eigenvalue weighted by molar-refractivity contribution is 0.102. The third-order valence-corrected chi connectivity index (χ3v) is 12.0. The number of likely N-dealkylation sites (tertiary alicyclic amines) is 1. The van der Waals surface area contributed by atoms with Gasteiger partial charge < -0.3 is 35.4 Å². The number of aromatic amines is 1. The van der Waals surface area contributed by atoms with Crippen molar-refractivity contribution in [1.29, 1.82) is 0 Å². The molecule has 286 valence electrons. The molecule has 2 saturated heterocycles. The first-order valence-electron chi connectivity index (χ1n) is 19.3. The van der Waals surface area contributed by atoms with Crippen LogP contribution >= 0.6 is 23.2 Å². The highest BCUT2D eigenvalue weighted by Gasteiger charge is 2.40. The van der Waals surface area contributed by atoms with Gasteiger partial charge in [-0.15, -0.1) is 0 Å². The maximum atomic E-state index is 14.8. The number of H-pyrrole nitrogens is 1. The number of halogens is 2. The number of carbonyl (C=O) groups is 2. The Morgan fingerprint density at radius 2 is 1.71 bits per heavy atom. The summed E-state index contributed by atoms with van der Waals surface area (Å²) in [7, 11) is 0. The Morgan fingerprint density at radius 3 is 2.46 bits per heavy atom. The van der Waals surface area contributed by atoms with Crippen LogP contribution in [0.3, 0.4) is 0 Å².